The first-order valence-corrected chi connectivity index (χ1v) is 5.50. The second kappa shape index (κ2) is 4.33. The van der Waals surface area contributed by atoms with Gasteiger partial charge in [-0.1, -0.05) is 6.08 Å². The van der Waals surface area contributed by atoms with Crippen molar-refractivity contribution in [1.82, 2.24) is 0 Å². The highest BCUT2D eigenvalue weighted by atomic mass is 16.7. The van der Waals surface area contributed by atoms with Gasteiger partial charge in [-0.2, -0.15) is 0 Å². The van der Waals surface area contributed by atoms with E-state index >= 15 is 0 Å². The number of hydrogen-bond acceptors (Lipinski definition) is 5. The van der Waals surface area contributed by atoms with Gasteiger partial charge in [-0.3, -0.25) is 9.59 Å². The molecule has 17 heavy (non-hydrogen) atoms. The van der Waals surface area contributed by atoms with Crippen LogP contribution in [0.5, 0.6) is 0 Å². The smallest absolute Gasteiger partial charge is 0.295 e. The molecule has 3 atom stereocenters. The van der Waals surface area contributed by atoms with Crippen LogP contribution in [0.25, 0.3) is 0 Å². The molecule has 0 aromatic carbocycles. The van der Waals surface area contributed by atoms with E-state index in [1.54, 1.807) is 26.0 Å². The molecule has 2 aliphatic heterocycles. The first-order valence-electron chi connectivity index (χ1n) is 5.50. The monoisotopic (exact) mass is 238 g/mol. The van der Waals surface area contributed by atoms with Crippen LogP contribution in [0.1, 0.15) is 20.3 Å². The zero-order valence-electron chi connectivity index (χ0n) is 9.67. The number of allylic oxidation sites excluding steroid dienone is 1. The van der Waals surface area contributed by atoms with Gasteiger partial charge in [-0.05, 0) is 19.9 Å². The Labute approximate surface area is 98.7 Å². The van der Waals surface area contributed by atoms with Gasteiger partial charge in [0, 0.05) is 6.42 Å². The third-order valence-corrected chi connectivity index (χ3v) is 2.72. The lowest BCUT2D eigenvalue weighted by Crippen LogP contribution is -2.45. The van der Waals surface area contributed by atoms with Crippen molar-refractivity contribution in [3.8, 4) is 0 Å². The van der Waals surface area contributed by atoms with Crippen molar-refractivity contribution in [3.63, 3.8) is 0 Å². The number of carbonyl (C=O) groups is 2. The molecule has 0 saturated heterocycles. The predicted octanol–water partition coefficient (Wildman–Crippen LogP) is 0.481. The molecule has 2 rings (SSSR count). The first kappa shape index (κ1) is 11.9. The first-order chi connectivity index (χ1) is 8.04. The minimum absolute atomic E-state index is 0.0489. The third kappa shape index (κ3) is 1.98. The molecule has 1 N–H and O–H groups in total. The number of Topliss-reactive ketones (excluding diaryl/α,β-unsaturated/α-hetero) is 2. The maximum absolute atomic E-state index is 11.8. The van der Waals surface area contributed by atoms with E-state index in [2.05, 4.69) is 0 Å². The quantitative estimate of drug-likeness (QED) is 0.531. The maximum Gasteiger partial charge on any atom is 0.295 e. The van der Waals surface area contributed by atoms with Crippen LogP contribution in [-0.4, -0.2) is 35.0 Å². The zero-order valence-corrected chi connectivity index (χ0v) is 9.67. The van der Waals surface area contributed by atoms with Crippen molar-refractivity contribution in [2.45, 2.75) is 38.6 Å². The van der Waals surface area contributed by atoms with Crippen molar-refractivity contribution < 1.29 is 24.2 Å². The highest BCUT2D eigenvalue weighted by Crippen LogP contribution is 2.30. The van der Waals surface area contributed by atoms with Gasteiger partial charge in [0.1, 0.15) is 11.7 Å². The van der Waals surface area contributed by atoms with E-state index in [4.69, 9.17) is 9.47 Å². The zero-order chi connectivity index (χ0) is 12.6. The van der Waals surface area contributed by atoms with Crippen molar-refractivity contribution in [1.29, 1.82) is 0 Å². The fourth-order valence-corrected chi connectivity index (χ4v) is 1.90. The Morgan fingerprint density at radius 1 is 1.35 bits per heavy atom. The molecular weight excluding hydrogens is 224 g/mol. The van der Waals surface area contributed by atoms with E-state index in [1.807, 2.05) is 0 Å². The number of rotatable bonds is 1. The molecule has 5 heteroatoms. The molecule has 0 aromatic heterocycles. The summed E-state index contributed by atoms with van der Waals surface area (Å²) in [5.74, 6) is -1.000. The van der Waals surface area contributed by atoms with E-state index < -0.39 is 18.0 Å². The lowest BCUT2D eigenvalue weighted by Gasteiger charge is -2.32. The minimum Gasteiger partial charge on any atom is -0.461 e. The standard InChI is InChI=1S/C12H14O5/c1-3-4-8-10(14)11(15)9-7(13)5-6(2)16-12(9)17-8/h3-4,6,8,10,14H,5H2,1-2H3/b4-3+/t6-,8-,10-/m0/s1. The summed E-state index contributed by atoms with van der Waals surface area (Å²) in [7, 11) is 0. The number of ether oxygens (including phenoxy) is 2. The summed E-state index contributed by atoms with van der Waals surface area (Å²) < 4.78 is 10.7. The van der Waals surface area contributed by atoms with Crippen LogP contribution in [0, 0.1) is 0 Å². The minimum atomic E-state index is -1.34. The molecule has 2 aliphatic rings. The van der Waals surface area contributed by atoms with Gasteiger partial charge in [0.25, 0.3) is 5.95 Å². The molecule has 0 unspecified atom stereocenters. The molecule has 5 nitrogen and oxygen atoms in total. The Bertz CT molecular complexity index is 421. The second-order valence-corrected chi connectivity index (χ2v) is 4.14. The molecule has 0 saturated carbocycles. The predicted molar refractivity (Wildman–Crippen MR) is 57.9 cm³/mol. The number of ketones is 2. The molecule has 2 heterocycles. The molecule has 0 amide bonds. The molecule has 0 fully saturated rings. The van der Waals surface area contributed by atoms with Crippen LogP contribution in [0.4, 0.5) is 0 Å². The Hall–Kier alpha value is -1.62. The van der Waals surface area contributed by atoms with Gasteiger partial charge in [-0.25, -0.2) is 0 Å². The number of aliphatic hydroxyl groups is 1. The normalized spacial score (nSPS) is 33.5. The summed E-state index contributed by atoms with van der Waals surface area (Å²) in [6, 6.07) is 0. The summed E-state index contributed by atoms with van der Waals surface area (Å²) in [6.07, 6.45) is 0.917. The third-order valence-electron chi connectivity index (χ3n) is 2.72. The van der Waals surface area contributed by atoms with E-state index in [0.717, 1.165) is 0 Å². The molecule has 0 aliphatic carbocycles. The molecular formula is C12H14O5. The van der Waals surface area contributed by atoms with Gasteiger partial charge in [-0.15, -0.1) is 0 Å². The Balaban J connectivity index is 2.37. The van der Waals surface area contributed by atoms with E-state index in [-0.39, 0.29) is 29.8 Å². The van der Waals surface area contributed by atoms with Gasteiger partial charge in [0.05, 0.1) is 0 Å². The fraction of sp³-hybridized carbons (Fsp3) is 0.500. The van der Waals surface area contributed by atoms with E-state index in [9.17, 15) is 14.7 Å². The number of hydrogen-bond donors (Lipinski definition) is 1. The molecule has 0 bridgehead atoms. The second-order valence-electron chi connectivity index (χ2n) is 4.14. The van der Waals surface area contributed by atoms with Crippen LogP contribution in [-0.2, 0) is 19.1 Å². The summed E-state index contributed by atoms with van der Waals surface area (Å²) in [5.41, 5.74) is -0.142. The summed E-state index contributed by atoms with van der Waals surface area (Å²) in [4.78, 5) is 23.5. The van der Waals surface area contributed by atoms with Crippen LogP contribution < -0.4 is 0 Å². The van der Waals surface area contributed by atoms with Crippen molar-refractivity contribution >= 4 is 11.6 Å². The highest BCUT2D eigenvalue weighted by Gasteiger charge is 2.43. The largest absolute Gasteiger partial charge is 0.461 e. The van der Waals surface area contributed by atoms with Crippen molar-refractivity contribution in [2.75, 3.05) is 0 Å². The van der Waals surface area contributed by atoms with Gasteiger partial charge in [0.2, 0.25) is 5.78 Å². The average Bonchev–Trinajstić information content (AvgIpc) is 2.24. The SMILES string of the molecule is C/C=C/[C@@H]1OC2=C(C(=O)C[C@H](C)O2)C(=O)[C@H]1O. The molecule has 0 aromatic rings. The number of aliphatic hydroxyl groups excluding tert-OH is 1. The topological polar surface area (TPSA) is 72.8 Å². The Morgan fingerprint density at radius 3 is 2.71 bits per heavy atom. The summed E-state index contributed by atoms with van der Waals surface area (Å²) in [6.45, 7) is 3.48. The van der Waals surface area contributed by atoms with Crippen molar-refractivity contribution in [3.05, 3.63) is 23.7 Å². The van der Waals surface area contributed by atoms with Crippen LogP contribution >= 0.6 is 0 Å². The van der Waals surface area contributed by atoms with Crippen molar-refractivity contribution in [2.24, 2.45) is 0 Å². The van der Waals surface area contributed by atoms with E-state index in [0.29, 0.717) is 0 Å². The fourth-order valence-electron chi connectivity index (χ4n) is 1.90. The maximum atomic E-state index is 11.8. The van der Waals surface area contributed by atoms with Crippen LogP contribution in [0.3, 0.4) is 0 Å². The van der Waals surface area contributed by atoms with Gasteiger partial charge >= 0.3 is 0 Å². The summed E-state index contributed by atoms with van der Waals surface area (Å²) >= 11 is 0. The molecule has 92 valence electrons. The van der Waals surface area contributed by atoms with Crippen LogP contribution in [0.15, 0.2) is 23.7 Å². The molecule has 0 spiro atoms. The van der Waals surface area contributed by atoms with E-state index in [1.165, 1.54) is 0 Å². The number of carbonyl (C=O) groups excluding carboxylic acids is 2. The van der Waals surface area contributed by atoms with Gasteiger partial charge in [0.15, 0.2) is 18.0 Å². The highest BCUT2D eigenvalue weighted by molar-refractivity contribution is 6.22. The lowest BCUT2D eigenvalue weighted by atomic mass is 9.93. The Morgan fingerprint density at radius 2 is 2.06 bits per heavy atom. The Kier molecular flexibility index (Phi) is 3.02. The van der Waals surface area contributed by atoms with Crippen LogP contribution in [0.2, 0.25) is 0 Å². The molecule has 0 radical (unpaired) electrons. The summed E-state index contributed by atoms with van der Waals surface area (Å²) in [5, 5.41) is 9.72. The average molecular weight is 238 g/mol. The van der Waals surface area contributed by atoms with Gasteiger partial charge < -0.3 is 14.6 Å². The lowest BCUT2D eigenvalue weighted by molar-refractivity contribution is -0.146.